The lowest BCUT2D eigenvalue weighted by Crippen LogP contribution is -2.07. The summed E-state index contributed by atoms with van der Waals surface area (Å²) in [6.45, 7) is 2.08. The number of nitrogens with zero attached hydrogens (tertiary/aromatic N) is 3. The number of rotatable bonds is 3. The minimum absolute atomic E-state index is 0.268. The molecule has 0 aliphatic carbocycles. The molecule has 0 N–H and O–H groups in total. The first-order valence-electron chi connectivity index (χ1n) is 6.22. The first kappa shape index (κ1) is 12.4. The van der Waals surface area contributed by atoms with Gasteiger partial charge in [0.1, 0.15) is 12.1 Å². The van der Waals surface area contributed by atoms with E-state index in [2.05, 4.69) is 10.1 Å². The molecule has 3 rings (SSSR count). The highest BCUT2D eigenvalue weighted by Gasteiger charge is 2.12. The smallest absolute Gasteiger partial charge is 0.357 e. The van der Waals surface area contributed by atoms with Crippen molar-refractivity contribution >= 4 is 22.4 Å². The van der Waals surface area contributed by atoms with Crippen LogP contribution in [0.15, 0.2) is 30.6 Å². The number of carbonyl (C=O) groups excluding carboxylic acids is 1. The number of fused-ring (bicyclic) bond motifs is 3. The first-order chi connectivity index (χ1) is 9.72. The number of carbonyl (C=O) groups is 1. The molecule has 0 bridgehead atoms. The third-order valence-corrected chi connectivity index (χ3v) is 3.01. The van der Waals surface area contributed by atoms with Gasteiger partial charge in [0.2, 0.25) is 0 Å². The Morgan fingerprint density at radius 3 is 2.95 bits per heavy atom. The molecule has 0 unspecified atom stereocenters. The SMILES string of the molecule is CCOC(=O)c1cc2c3cc(OC)ccc3nn2cn1. The van der Waals surface area contributed by atoms with Crippen LogP contribution in [-0.2, 0) is 4.74 Å². The van der Waals surface area contributed by atoms with Crippen molar-refractivity contribution in [3.8, 4) is 5.75 Å². The van der Waals surface area contributed by atoms with Crippen molar-refractivity contribution in [1.29, 1.82) is 0 Å². The second-order valence-electron chi connectivity index (χ2n) is 4.21. The van der Waals surface area contributed by atoms with Gasteiger partial charge in [0.05, 0.1) is 24.8 Å². The third-order valence-electron chi connectivity index (χ3n) is 3.01. The van der Waals surface area contributed by atoms with Crippen LogP contribution in [0.4, 0.5) is 0 Å². The highest BCUT2D eigenvalue weighted by atomic mass is 16.5. The van der Waals surface area contributed by atoms with Gasteiger partial charge >= 0.3 is 5.97 Å². The zero-order valence-electron chi connectivity index (χ0n) is 11.2. The van der Waals surface area contributed by atoms with E-state index in [4.69, 9.17) is 9.47 Å². The van der Waals surface area contributed by atoms with Crippen molar-refractivity contribution in [3.05, 3.63) is 36.3 Å². The van der Waals surface area contributed by atoms with E-state index in [1.54, 1.807) is 24.6 Å². The summed E-state index contributed by atoms with van der Waals surface area (Å²) in [5, 5.41) is 5.28. The topological polar surface area (TPSA) is 65.7 Å². The van der Waals surface area contributed by atoms with E-state index in [9.17, 15) is 4.79 Å². The molecule has 0 fully saturated rings. The highest BCUT2D eigenvalue weighted by molar-refractivity contribution is 5.97. The van der Waals surface area contributed by atoms with Gasteiger partial charge in [-0.1, -0.05) is 0 Å². The highest BCUT2D eigenvalue weighted by Crippen LogP contribution is 2.24. The van der Waals surface area contributed by atoms with Crippen molar-refractivity contribution in [1.82, 2.24) is 14.6 Å². The number of ether oxygens (including phenoxy) is 2. The molecule has 0 aliphatic rings. The van der Waals surface area contributed by atoms with E-state index in [0.717, 1.165) is 22.2 Å². The molecule has 0 radical (unpaired) electrons. The molecule has 102 valence electrons. The van der Waals surface area contributed by atoms with Gasteiger partial charge < -0.3 is 9.47 Å². The number of esters is 1. The molecule has 0 saturated heterocycles. The minimum Gasteiger partial charge on any atom is -0.497 e. The lowest BCUT2D eigenvalue weighted by atomic mass is 10.2. The summed E-state index contributed by atoms with van der Waals surface area (Å²) >= 11 is 0. The lowest BCUT2D eigenvalue weighted by molar-refractivity contribution is 0.0519. The van der Waals surface area contributed by atoms with Crippen molar-refractivity contribution in [3.63, 3.8) is 0 Å². The molecule has 0 saturated carbocycles. The van der Waals surface area contributed by atoms with Crippen LogP contribution in [0.25, 0.3) is 16.4 Å². The molecule has 20 heavy (non-hydrogen) atoms. The Kier molecular flexibility index (Phi) is 2.98. The van der Waals surface area contributed by atoms with Crippen LogP contribution < -0.4 is 4.74 Å². The van der Waals surface area contributed by atoms with Gasteiger partial charge in [-0.25, -0.2) is 14.3 Å². The Morgan fingerprint density at radius 2 is 2.20 bits per heavy atom. The summed E-state index contributed by atoms with van der Waals surface area (Å²) in [5.41, 5.74) is 1.87. The Bertz CT molecular complexity index is 795. The van der Waals surface area contributed by atoms with Crippen LogP contribution in [-0.4, -0.2) is 34.3 Å². The molecule has 2 aromatic heterocycles. The number of hydrogen-bond acceptors (Lipinski definition) is 5. The van der Waals surface area contributed by atoms with Gasteiger partial charge in [-0.3, -0.25) is 0 Å². The van der Waals surface area contributed by atoms with Crippen LogP contribution in [0.5, 0.6) is 5.75 Å². The fourth-order valence-electron chi connectivity index (χ4n) is 2.06. The molecule has 0 amide bonds. The molecule has 0 aliphatic heterocycles. The number of benzene rings is 1. The maximum absolute atomic E-state index is 11.7. The van der Waals surface area contributed by atoms with Crippen LogP contribution in [0, 0.1) is 0 Å². The molecule has 1 aromatic carbocycles. The van der Waals surface area contributed by atoms with Crippen LogP contribution in [0.1, 0.15) is 17.4 Å². The van der Waals surface area contributed by atoms with Crippen LogP contribution >= 0.6 is 0 Å². The van der Waals surface area contributed by atoms with Gasteiger partial charge in [0, 0.05) is 5.39 Å². The molecule has 0 spiro atoms. The Balaban J connectivity index is 2.20. The zero-order chi connectivity index (χ0) is 14.1. The first-order valence-corrected chi connectivity index (χ1v) is 6.22. The normalized spacial score (nSPS) is 10.9. The standard InChI is InChI=1S/C14H13N3O3/c1-3-20-14(18)12-7-13-10-6-9(19-2)4-5-11(10)16-17(13)8-15-12/h4-8H,3H2,1-2H3. The summed E-state index contributed by atoms with van der Waals surface area (Å²) in [7, 11) is 1.61. The van der Waals surface area contributed by atoms with Crippen LogP contribution in [0.2, 0.25) is 0 Å². The van der Waals surface area contributed by atoms with E-state index >= 15 is 0 Å². The predicted octanol–water partition coefficient (Wildman–Crippen LogP) is 2.07. The van der Waals surface area contributed by atoms with Gasteiger partial charge in [-0.05, 0) is 31.2 Å². The minimum atomic E-state index is -0.438. The van der Waals surface area contributed by atoms with Gasteiger partial charge in [-0.2, -0.15) is 5.10 Å². The molecule has 2 heterocycles. The zero-order valence-corrected chi connectivity index (χ0v) is 11.2. The third kappa shape index (κ3) is 1.95. The lowest BCUT2D eigenvalue weighted by Gasteiger charge is -2.01. The predicted molar refractivity (Wildman–Crippen MR) is 73.0 cm³/mol. The molecular weight excluding hydrogens is 258 g/mol. The van der Waals surface area contributed by atoms with Crippen molar-refractivity contribution < 1.29 is 14.3 Å². The summed E-state index contributed by atoms with van der Waals surface area (Å²) < 4.78 is 11.8. The number of hydrogen-bond donors (Lipinski definition) is 0. The van der Waals surface area contributed by atoms with E-state index in [0.29, 0.717) is 6.61 Å². The summed E-state index contributed by atoms with van der Waals surface area (Å²) in [4.78, 5) is 15.8. The Labute approximate surface area is 114 Å². The summed E-state index contributed by atoms with van der Waals surface area (Å²) in [6.07, 6.45) is 1.51. The maximum atomic E-state index is 11.7. The fourth-order valence-corrected chi connectivity index (χ4v) is 2.06. The number of aromatic nitrogens is 3. The second kappa shape index (κ2) is 4.80. The quantitative estimate of drug-likeness (QED) is 0.682. The molecule has 0 atom stereocenters. The van der Waals surface area contributed by atoms with Gasteiger partial charge in [0.15, 0.2) is 5.69 Å². The van der Waals surface area contributed by atoms with Gasteiger partial charge in [0.25, 0.3) is 0 Å². The average molecular weight is 271 g/mol. The second-order valence-corrected chi connectivity index (χ2v) is 4.21. The monoisotopic (exact) mass is 271 g/mol. The van der Waals surface area contributed by atoms with Crippen molar-refractivity contribution in [2.45, 2.75) is 6.92 Å². The summed E-state index contributed by atoms with van der Waals surface area (Å²) in [6, 6.07) is 7.26. The van der Waals surface area contributed by atoms with E-state index < -0.39 is 5.97 Å². The average Bonchev–Trinajstić information content (AvgIpc) is 2.84. The van der Waals surface area contributed by atoms with E-state index in [1.165, 1.54) is 6.33 Å². The molecular formula is C14H13N3O3. The molecule has 3 aromatic rings. The largest absolute Gasteiger partial charge is 0.497 e. The maximum Gasteiger partial charge on any atom is 0.357 e. The Hall–Kier alpha value is -2.63. The van der Waals surface area contributed by atoms with Crippen molar-refractivity contribution in [2.75, 3.05) is 13.7 Å². The Morgan fingerprint density at radius 1 is 1.35 bits per heavy atom. The van der Waals surface area contributed by atoms with Crippen molar-refractivity contribution in [2.24, 2.45) is 0 Å². The fraction of sp³-hybridized carbons (Fsp3) is 0.214. The van der Waals surface area contributed by atoms with Crippen LogP contribution in [0.3, 0.4) is 0 Å². The summed E-state index contributed by atoms with van der Waals surface area (Å²) in [5.74, 6) is 0.300. The molecule has 6 heteroatoms. The molecule has 6 nitrogen and oxygen atoms in total. The van der Waals surface area contributed by atoms with E-state index in [1.807, 2.05) is 18.2 Å². The number of methoxy groups -OCH3 is 1. The van der Waals surface area contributed by atoms with E-state index in [-0.39, 0.29) is 5.69 Å². The van der Waals surface area contributed by atoms with Gasteiger partial charge in [-0.15, -0.1) is 0 Å².